The van der Waals surface area contributed by atoms with Crippen LogP contribution in [0.25, 0.3) is 11.6 Å². The minimum Gasteiger partial charge on any atom is -0.450 e. The Morgan fingerprint density at radius 1 is 1.37 bits per heavy atom. The normalized spacial score (nSPS) is 12.0. The Hall–Kier alpha value is -2.98. The van der Waals surface area contributed by atoms with Crippen LogP contribution in [0.3, 0.4) is 0 Å². The van der Waals surface area contributed by atoms with E-state index in [0.29, 0.717) is 43.0 Å². The van der Waals surface area contributed by atoms with E-state index in [9.17, 15) is 9.59 Å². The predicted octanol–water partition coefficient (Wildman–Crippen LogP) is 1.06. The van der Waals surface area contributed by atoms with Gasteiger partial charge < -0.3 is 19.9 Å². The number of alkyl carbamates (subject to hydrolysis) is 1. The Morgan fingerprint density at radius 3 is 2.85 bits per heavy atom. The van der Waals surface area contributed by atoms with E-state index >= 15 is 0 Å². The number of aryl methyl sites for hydroxylation is 1. The van der Waals surface area contributed by atoms with Gasteiger partial charge in [-0.05, 0) is 19.3 Å². The molecule has 2 aromatic rings. The van der Waals surface area contributed by atoms with Gasteiger partial charge in [0.25, 0.3) is 0 Å². The third kappa shape index (κ3) is 7.04. The summed E-state index contributed by atoms with van der Waals surface area (Å²) in [6, 6.07) is -0.200. The molecule has 0 aliphatic heterocycles. The topological polar surface area (TPSA) is 148 Å². The lowest BCUT2D eigenvalue weighted by molar-refractivity contribution is -0.121. The lowest BCUT2D eigenvalue weighted by atomic mass is 10.0. The van der Waals surface area contributed by atoms with Gasteiger partial charge in [0.1, 0.15) is 6.33 Å². The van der Waals surface area contributed by atoms with Crippen LogP contribution in [0.2, 0.25) is 0 Å². The quantitative estimate of drug-likeness (QED) is 0.555. The van der Waals surface area contributed by atoms with Crippen molar-refractivity contribution in [1.29, 1.82) is 0 Å². The van der Waals surface area contributed by atoms with E-state index in [2.05, 4.69) is 36.0 Å². The molecule has 148 valence electrons. The number of nitrogens with zero attached hydrogens (tertiary/aromatic N) is 4. The molecular weight excluding hydrogens is 354 g/mol. The predicted molar refractivity (Wildman–Crippen MR) is 94.4 cm³/mol. The van der Waals surface area contributed by atoms with Crippen LogP contribution in [0.15, 0.2) is 10.9 Å². The number of amides is 2. The van der Waals surface area contributed by atoms with Gasteiger partial charge in [-0.15, -0.1) is 0 Å². The molecule has 1 unspecified atom stereocenters. The monoisotopic (exact) mass is 379 g/mol. The number of carbonyl (C=O) groups is 2. The highest BCUT2D eigenvalue weighted by Crippen LogP contribution is 2.10. The Labute approximate surface area is 156 Å². The first kappa shape index (κ1) is 20.3. The second-order valence-electron chi connectivity index (χ2n) is 6.34. The summed E-state index contributed by atoms with van der Waals surface area (Å²) in [7, 11) is 0. The fraction of sp³-hybridized carbons (Fsp3) is 0.625. The van der Waals surface area contributed by atoms with Gasteiger partial charge in [0.05, 0.1) is 6.61 Å². The van der Waals surface area contributed by atoms with Crippen LogP contribution in [0, 0.1) is 5.92 Å². The SMILES string of the molecule is CCOC(=O)NC(CNC(=O)CCc1nc(-c2ncn[nH]2)no1)CC(C)C. The van der Waals surface area contributed by atoms with Gasteiger partial charge in [-0.2, -0.15) is 10.1 Å². The molecule has 11 heteroatoms. The summed E-state index contributed by atoms with van der Waals surface area (Å²) in [5, 5.41) is 15.7. The second-order valence-corrected chi connectivity index (χ2v) is 6.34. The lowest BCUT2D eigenvalue weighted by Gasteiger charge is -2.20. The van der Waals surface area contributed by atoms with Crippen molar-refractivity contribution in [1.82, 2.24) is 36.0 Å². The highest BCUT2D eigenvalue weighted by atomic mass is 16.5. The summed E-state index contributed by atoms with van der Waals surface area (Å²) < 4.78 is 9.99. The van der Waals surface area contributed by atoms with Gasteiger partial charge in [0.2, 0.25) is 17.6 Å². The molecule has 0 aromatic carbocycles. The fourth-order valence-electron chi connectivity index (χ4n) is 2.41. The van der Waals surface area contributed by atoms with Crippen LogP contribution in [0.5, 0.6) is 0 Å². The Bertz CT molecular complexity index is 714. The molecule has 2 amide bonds. The van der Waals surface area contributed by atoms with Gasteiger partial charge >= 0.3 is 6.09 Å². The molecule has 2 aromatic heterocycles. The molecule has 0 aliphatic rings. The minimum absolute atomic E-state index is 0.172. The molecular formula is C16H25N7O4. The maximum absolute atomic E-state index is 12.1. The molecule has 0 fully saturated rings. The molecule has 1 atom stereocenters. The van der Waals surface area contributed by atoms with Crippen molar-refractivity contribution in [2.24, 2.45) is 5.92 Å². The maximum Gasteiger partial charge on any atom is 0.407 e. The summed E-state index contributed by atoms with van der Waals surface area (Å²) in [5.74, 6) is 1.21. The Kier molecular flexibility index (Phi) is 7.71. The summed E-state index contributed by atoms with van der Waals surface area (Å²) in [6.07, 6.45) is 2.07. The smallest absolute Gasteiger partial charge is 0.407 e. The number of aromatic amines is 1. The summed E-state index contributed by atoms with van der Waals surface area (Å²) in [5.41, 5.74) is 0. The highest BCUT2D eigenvalue weighted by Gasteiger charge is 2.17. The minimum atomic E-state index is -0.483. The molecule has 0 aliphatic carbocycles. The number of aromatic nitrogens is 5. The average Bonchev–Trinajstić information content (AvgIpc) is 3.28. The fourth-order valence-corrected chi connectivity index (χ4v) is 2.41. The van der Waals surface area contributed by atoms with E-state index in [4.69, 9.17) is 9.26 Å². The van der Waals surface area contributed by atoms with Crippen LogP contribution in [0.1, 0.15) is 39.5 Å². The van der Waals surface area contributed by atoms with Gasteiger partial charge in [0.15, 0.2) is 5.82 Å². The largest absolute Gasteiger partial charge is 0.450 e. The Balaban J connectivity index is 1.77. The highest BCUT2D eigenvalue weighted by molar-refractivity contribution is 5.76. The van der Waals surface area contributed by atoms with Crippen molar-refractivity contribution in [3.63, 3.8) is 0 Å². The van der Waals surface area contributed by atoms with Crippen molar-refractivity contribution in [2.45, 2.75) is 46.1 Å². The number of H-pyrrole nitrogens is 1. The van der Waals surface area contributed by atoms with E-state index in [-0.39, 0.29) is 18.4 Å². The third-order valence-corrected chi connectivity index (χ3v) is 3.56. The molecule has 0 saturated heterocycles. The number of nitrogens with one attached hydrogen (secondary N) is 3. The first-order valence-corrected chi connectivity index (χ1v) is 8.86. The number of hydrogen-bond donors (Lipinski definition) is 3. The summed E-state index contributed by atoms with van der Waals surface area (Å²) in [4.78, 5) is 31.8. The molecule has 0 radical (unpaired) electrons. The summed E-state index contributed by atoms with van der Waals surface area (Å²) >= 11 is 0. The van der Waals surface area contributed by atoms with Gasteiger partial charge in [-0.25, -0.2) is 9.78 Å². The van der Waals surface area contributed by atoms with Crippen LogP contribution in [-0.2, 0) is 16.0 Å². The Morgan fingerprint density at radius 2 is 2.19 bits per heavy atom. The van der Waals surface area contributed by atoms with E-state index in [0.717, 1.165) is 6.42 Å². The molecule has 27 heavy (non-hydrogen) atoms. The number of rotatable bonds is 10. The average molecular weight is 379 g/mol. The van der Waals surface area contributed by atoms with E-state index in [1.807, 2.05) is 13.8 Å². The van der Waals surface area contributed by atoms with Gasteiger partial charge in [-0.1, -0.05) is 19.0 Å². The molecule has 2 rings (SSSR count). The number of ether oxygens (including phenoxy) is 1. The first-order chi connectivity index (χ1) is 13.0. The van der Waals surface area contributed by atoms with E-state index in [1.54, 1.807) is 6.92 Å². The van der Waals surface area contributed by atoms with Crippen LogP contribution < -0.4 is 10.6 Å². The van der Waals surface area contributed by atoms with Crippen molar-refractivity contribution < 1.29 is 18.8 Å². The zero-order chi connectivity index (χ0) is 19.6. The van der Waals surface area contributed by atoms with Crippen molar-refractivity contribution in [3.8, 4) is 11.6 Å². The van der Waals surface area contributed by atoms with Crippen molar-refractivity contribution in [3.05, 3.63) is 12.2 Å². The molecule has 2 heterocycles. The zero-order valence-corrected chi connectivity index (χ0v) is 15.7. The van der Waals surface area contributed by atoms with E-state index < -0.39 is 6.09 Å². The molecule has 0 saturated carbocycles. The third-order valence-electron chi connectivity index (χ3n) is 3.56. The van der Waals surface area contributed by atoms with Gasteiger partial charge in [-0.3, -0.25) is 9.89 Å². The molecule has 0 bridgehead atoms. The zero-order valence-electron chi connectivity index (χ0n) is 15.7. The number of hydrogen-bond acceptors (Lipinski definition) is 8. The molecule has 11 nitrogen and oxygen atoms in total. The van der Waals surface area contributed by atoms with Crippen molar-refractivity contribution >= 4 is 12.0 Å². The van der Waals surface area contributed by atoms with Gasteiger partial charge in [0, 0.05) is 25.4 Å². The lowest BCUT2D eigenvalue weighted by Crippen LogP contribution is -2.44. The molecule has 0 spiro atoms. The standard InChI is InChI=1S/C16H25N7O4/c1-4-26-16(25)20-11(7-10(2)3)8-17-12(24)5-6-13-21-15(23-27-13)14-18-9-19-22-14/h9-11H,4-8H2,1-3H3,(H,17,24)(H,20,25)(H,18,19,22). The first-order valence-electron chi connectivity index (χ1n) is 8.86. The van der Waals surface area contributed by atoms with Crippen LogP contribution in [-0.4, -0.2) is 56.5 Å². The molecule has 3 N–H and O–H groups in total. The van der Waals surface area contributed by atoms with Crippen LogP contribution in [0.4, 0.5) is 4.79 Å². The van der Waals surface area contributed by atoms with Crippen LogP contribution >= 0.6 is 0 Å². The van der Waals surface area contributed by atoms with Crippen molar-refractivity contribution in [2.75, 3.05) is 13.2 Å². The number of carbonyl (C=O) groups excluding carboxylic acids is 2. The summed E-state index contributed by atoms with van der Waals surface area (Å²) in [6.45, 7) is 6.45. The van der Waals surface area contributed by atoms with E-state index in [1.165, 1.54) is 6.33 Å². The second kappa shape index (κ2) is 10.2. The maximum atomic E-state index is 12.1.